The van der Waals surface area contributed by atoms with Crippen molar-refractivity contribution in [1.29, 1.82) is 5.41 Å². The topological polar surface area (TPSA) is 132 Å². The van der Waals surface area contributed by atoms with Crippen LogP contribution in [-0.4, -0.2) is 39.6 Å². The molecule has 178 valence electrons. The standard InChI is InChI=1S/C25H28N4O4S/c1-32-16-21-15-29(33-24(21)19-5-4-6-20(13-19)25(26)27)14-17-9-11-18(12-10-17)22-7-2-3-8-23(22)34(28,30)31/h2-13,21,24H,14-16H2,1H3,(H3,26,27)(H2,28,30,31). The first-order valence-electron chi connectivity index (χ1n) is 10.8. The van der Waals surface area contributed by atoms with Crippen LogP contribution in [0.1, 0.15) is 22.8 Å². The number of methoxy groups -OCH3 is 1. The van der Waals surface area contributed by atoms with Crippen molar-refractivity contribution in [2.75, 3.05) is 20.3 Å². The Kier molecular flexibility index (Phi) is 7.11. The fraction of sp³-hybridized carbons (Fsp3) is 0.240. The van der Waals surface area contributed by atoms with Crippen LogP contribution in [0, 0.1) is 11.3 Å². The third-order valence-corrected chi connectivity index (χ3v) is 6.82. The minimum atomic E-state index is -3.82. The summed E-state index contributed by atoms with van der Waals surface area (Å²) in [4.78, 5) is 6.38. The van der Waals surface area contributed by atoms with Crippen LogP contribution in [0.2, 0.25) is 0 Å². The van der Waals surface area contributed by atoms with E-state index in [1.54, 1.807) is 31.4 Å². The minimum absolute atomic E-state index is 0.0177. The Morgan fingerprint density at radius 3 is 2.53 bits per heavy atom. The molecule has 0 amide bonds. The first-order valence-corrected chi connectivity index (χ1v) is 12.4. The molecular weight excluding hydrogens is 452 g/mol. The number of ether oxygens (including phenoxy) is 1. The van der Waals surface area contributed by atoms with E-state index < -0.39 is 10.0 Å². The van der Waals surface area contributed by atoms with E-state index in [0.29, 0.717) is 30.8 Å². The van der Waals surface area contributed by atoms with Crippen LogP contribution in [0.25, 0.3) is 11.1 Å². The number of primary sulfonamides is 1. The molecule has 1 heterocycles. The monoisotopic (exact) mass is 480 g/mol. The van der Waals surface area contributed by atoms with E-state index in [2.05, 4.69) is 0 Å². The van der Waals surface area contributed by atoms with Crippen molar-refractivity contribution in [3.05, 3.63) is 89.5 Å². The molecule has 4 rings (SSSR count). The summed E-state index contributed by atoms with van der Waals surface area (Å²) in [5, 5.41) is 15.0. The molecular formula is C25H28N4O4S. The van der Waals surface area contributed by atoms with Gasteiger partial charge in [0.25, 0.3) is 0 Å². The molecule has 1 saturated heterocycles. The average Bonchev–Trinajstić information content (AvgIpc) is 3.21. The lowest BCUT2D eigenvalue weighted by Gasteiger charge is -2.18. The van der Waals surface area contributed by atoms with E-state index in [1.165, 1.54) is 6.07 Å². The number of benzene rings is 3. The summed E-state index contributed by atoms with van der Waals surface area (Å²) >= 11 is 0. The van der Waals surface area contributed by atoms with Gasteiger partial charge in [0, 0.05) is 37.2 Å². The highest BCUT2D eigenvalue weighted by Crippen LogP contribution is 2.36. The molecule has 5 N–H and O–H groups in total. The van der Waals surface area contributed by atoms with Gasteiger partial charge >= 0.3 is 0 Å². The van der Waals surface area contributed by atoms with Crippen LogP contribution in [0.15, 0.2) is 77.7 Å². The number of sulfonamides is 1. The first kappa shape index (κ1) is 24.1. The molecule has 1 fully saturated rings. The molecule has 34 heavy (non-hydrogen) atoms. The highest BCUT2D eigenvalue weighted by Gasteiger charge is 2.35. The van der Waals surface area contributed by atoms with E-state index in [0.717, 1.165) is 16.7 Å². The predicted octanol–water partition coefficient (Wildman–Crippen LogP) is 3.04. The van der Waals surface area contributed by atoms with Crippen LogP contribution in [0.4, 0.5) is 0 Å². The van der Waals surface area contributed by atoms with Crippen molar-refractivity contribution in [3.8, 4) is 11.1 Å². The fourth-order valence-electron chi connectivity index (χ4n) is 4.27. The number of hydroxylamine groups is 2. The smallest absolute Gasteiger partial charge is 0.238 e. The molecule has 1 aliphatic heterocycles. The van der Waals surface area contributed by atoms with Crippen LogP contribution < -0.4 is 10.9 Å². The number of rotatable bonds is 8. The number of amidine groups is 1. The maximum absolute atomic E-state index is 11.9. The van der Waals surface area contributed by atoms with Crippen molar-refractivity contribution < 1.29 is 18.0 Å². The third kappa shape index (κ3) is 5.35. The first-order chi connectivity index (χ1) is 16.3. The lowest BCUT2D eigenvalue weighted by Crippen LogP contribution is -2.20. The van der Waals surface area contributed by atoms with Crippen LogP contribution in [0.5, 0.6) is 0 Å². The van der Waals surface area contributed by atoms with Crippen molar-refractivity contribution >= 4 is 15.9 Å². The number of hydrogen-bond donors (Lipinski definition) is 3. The highest BCUT2D eigenvalue weighted by atomic mass is 32.2. The van der Waals surface area contributed by atoms with Gasteiger partial charge in [-0.05, 0) is 28.8 Å². The van der Waals surface area contributed by atoms with Crippen LogP contribution in [0.3, 0.4) is 0 Å². The lowest BCUT2D eigenvalue weighted by molar-refractivity contribution is -0.156. The van der Waals surface area contributed by atoms with Gasteiger partial charge < -0.3 is 10.5 Å². The van der Waals surface area contributed by atoms with Gasteiger partial charge in [-0.25, -0.2) is 13.6 Å². The molecule has 0 bridgehead atoms. The SMILES string of the molecule is COCC1CN(Cc2ccc(-c3ccccc3S(N)(=O)=O)cc2)OC1c1cccc(C(=N)N)c1. The molecule has 3 aromatic carbocycles. The number of nitrogens with zero attached hydrogens (tertiary/aromatic N) is 1. The Bertz CT molecular complexity index is 1280. The van der Waals surface area contributed by atoms with Crippen LogP contribution in [-0.2, 0) is 26.1 Å². The Labute approximate surface area is 199 Å². The summed E-state index contributed by atoms with van der Waals surface area (Å²) in [7, 11) is -2.15. The van der Waals surface area contributed by atoms with Gasteiger partial charge in [0.05, 0.1) is 11.5 Å². The molecule has 0 aliphatic carbocycles. The van der Waals surface area contributed by atoms with E-state index >= 15 is 0 Å². The number of nitrogen functional groups attached to an aromatic ring is 1. The van der Waals surface area contributed by atoms with Gasteiger partial charge in [-0.2, -0.15) is 5.06 Å². The summed E-state index contributed by atoms with van der Waals surface area (Å²) in [6.45, 7) is 1.77. The van der Waals surface area contributed by atoms with Crippen molar-refractivity contribution in [3.63, 3.8) is 0 Å². The molecule has 0 saturated carbocycles. The Morgan fingerprint density at radius 1 is 1.12 bits per heavy atom. The summed E-state index contributed by atoms with van der Waals surface area (Å²) in [5.41, 5.74) is 9.63. The van der Waals surface area contributed by atoms with E-state index in [4.69, 9.17) is 25.9 Å². The number of nitrogens with two attached hydrogens (primary N) is 2. The quantitative estimate of drug-likeness (QED) is 0.335. The van der Waals surface area contributed by atoms with Gasteiger partial charge in [-0.15, -0.1) is 0 Å². The second kappa shape index (κ2) is 10.0. The van der Waals surface area contributed by atoms with E-state index in [1.807, 2.05) is 47.5 Å². The lowest BCUT2D eigenvalue weighted by atomic mass is 9.95. The Balaban J connectivity index is 1.51. The average molecular weight is 481 g/mol. The minimum Gasteiger partial charge on any atom is -0.384 e. The Hall–Kier alpha value is -3.08. The molecule has 2 unspecified atom stereocenters. The molecule has 3 aromatic rings. The van der Waals surface area contributed by atoms with Gasteiger partial charge in [0.2, 0.25) is 10.0 Å². The van der Waals surface area contributed by atoms with E-state index in [-0.39, 0.29) is 22.8 Å². The fourth-order valence-corrected chi connectivity index (χ4v) is 5.03. The van der Waals surface area contributed by atoms with Crippen LogP contribution >= 0.6 is 0 Å². The third-order valence-electron chi connectivity index (χ3n) is 5.85. The molecule has 1 aliphatic rings. The van der Waals surface area contributed by atoms with Crippen molar-refractivity contribution in [2.45, 2.75) is 17.5 Å². The molecule has 0 aromatic heterocycles. The number of nitrogens with one attached hydrogen (secondary N) is 1. The normalized spacial score (nSPS) is 18.8. The van der Waals surface area contributed by atoms with Gasteiger partial charge in [0.15, 0.2) is 0 Å². The Morgan fingerprint density at radius 2 is 1.85 bits per heavy atom. The maximum atomic E-state index is 11.9. The number of hydrogen-bond acceptors (Lipinski definition) is 6. The molecule has 9 heteroatoms. The van der Waals surface area contributed by atoms with Gasteiger partial charge in [-0.3, -0.25) is 10.2 Å². The summed E-state index contributed by atoms with van der Waals surface area (Å²) < 4.78 is 29.3. The zero-order chi connectivity index (χ0) is 24.3. The zero-order valence-electron chi connectivity index (χ0n) is 18.8. The van der Waals surface area contributed by atoms with Crippen molar-refractivity contribution in [1.82, 2.24) is 5.06 Å². The van der Waals surface area contributed by atoms with Gasteiger partial charge in [-0.1, -0.05) is 60.7 Å². The maximum Gasteiger partial charge on any atom is 0.238 e. The highest BCUT2D eigenvalue weighted by molar-refractivity contribution is 7.89. The largest absolute Gasteiger partial charge is 0.384 e. The van der Waals surface area contributed by atoms with Crippen molar-refractivity contribution in [2.24, 2.45) is 16.8 Å². The summed E-state index contributed by atoms with van der Waals surface area (Å²) in [6.07, 6.45) is -0.208. The molecule has 8 nitrogen and oxygen atoms in total. The predicted molar refractivity (Wildman–Crippen MR) is 130 cm³/mol. The molecule has 0 spiro atoms. The van der Waals surface area contributed by atoms with Gasteiger partial charge in [0.1, 0.15) is 11.9 Å². The summed E-state index contributed by atoms with van der Waals surface area (Å²) in [5.74, 6) is 0.136. The zero-order valence-corrected chi connectivity index (χ0v) is 19.7. The van der Waals surface area contributed by atoms with E-state index in [9.17, 15) is 8.42 Å². The second-order valence-corrected chi connectivity index (χ2v) is 9.87. The second-order valence-electron chi connectivity index (χ2n) is 8.34. The molecule has 0 radical (unpaired) electrons. The summed E-state index contributed by atoms with van der Waals surface area (Å²) in [6, 6.07) is 21.9. The molecule has 2 atom stereocenters.